The first-order valence-electron chi connectivity index (χ1n) is 10.6. The topological polar surface area (TPSA) is 104 Å². The fourth-order valence-corrected chi connectivity index (χ4v) is 4.96. The van der Waals surface area contributed by atoms with Gasteiger partial charge in [-0.25, -0.2) is 12.8 Å². The number of ether oxygens (including phenoxy) is 3. The predicted molar refractivity (Wildman–Crippen MR) is 123 cm³/mol. The highest BCUT2D eigenvalue weighted by molar-refractivity contribution is 7.92. The fourth-order valence-electron chi connectivity index (χ4n) is 3.53. The lowest BCUT2D eigenvalue weighted by molar-refractivity contribution is 0.171. The molecule has 0 saturated carbocycles. The SMILES string of the molecule is COc1ccc(N(Cc2nc(-c3ccc(F)cc3)no2)S(=O)(=O)c2ccc3c(c2)OCCO3)cc1. The lowest BCUT2D eigenvalue weighted by Crippen LogP contribution is -2.31. The average Bonchev–Trinajstić information content (AvgIpc) is 3.36. The minimum absolute atomic E-state index is 0.0100. The van der Waals surface area contributed by atoms with Gasteiger partial charge in [-0.1, -0.05) is 5.16 Å². The van der Waals surface area contributed by atoms with Gasteiger partial charge in [-0.2, -0.15) is 4.98 Å². The summed E-state index contributed by atoms with van der Waals surface area (Å²) in [5, 5.41) is 3.92. The molecule has 0 spiro atoms. The summed E-state index contributed by atoms with van der Waals surface area (Å²) < 4.78 is 63.5. The molecule has 11 heteroatoms. The van der Waals surface area contributed by atoms with Gasteiger partial charge in [-0.15, -0.1) is 0 Å². The summed E-state index contributed by atoms with van der Waals surface area (Å²) in [7, 11) is -2.56. The third kappa shape index (κ3) is 4.62. The Morgan fingerprint density at radius 1 is 0.971 bits per heavy atom. The van der Waals surface area contributed by atoms with E-state index >= 15 is 0 Å². The van der Waals surface area contributed by atoms with Crippen LogP contribution in [0.25, 0.3) is 11.4 Å². The van der Waals surface area contributed by atoms with E-state index in [4.69, 9.17) is 18.7 Å². The van der Waals surface area contributed by atoms with Gasteiger partial charge in [-0.05, 0) is 60.7 Å². The molecule has 0 aliphatic carbocycles. The van der Waals surface area contributed by atoms with Gasteiger partial charge in [0.25, 0.3) is 10.0 Å². The molecular formula is C24H20FN3O6S. The van der Waals surface area contributed by atoms with Crippen LogP contribution in [-0.4, -0.2) is 38.9 Å². The Kier molecular flexibility index (Phi) is 6.00. The summed E-state index contributed by atoms with van der Waals surface area (Å²) in [6.45, 7) is 0.481. The van der Waals surface area contributed by atoms with Gasteiger partial charge in [0.1, 0.15) is 31.3 Å². The number of halogens is 1. The fraction of sp³-hybridized carbons (Fsp3) is 0.167. The number of anilines is 1. The summed E-state index contributed by atoms with van der Waals surface area (Å²) in [6.07, 6.45) is 0. The molecule has 3 aromatic carbocycles. The zero-order valence-corrected chi connectivity index (χ0v) is 19.4. The Balaban J connectivity index is 1.51. The molecule has 0 amide bonds. The maximum Gasteiger partial charge on any atom is 0.264 e. The lowest BCUT2D eigenvalue weighted by atomic mass is 10.2. The molecule has 35 heavy (non-hydrogen) atoms. The first kappa shape index (κ1) is 22.7. The quantitative estimate of drug-likeness (QED) is 0.377. The van der Waals surface area contributed by atoms with Crippen LogP contribution in [0.1, 0.15) is 5.89 Å². The summed E-state index contributed by atoms with van der Waals surface area (Å²) in [5.74, 6) is 1.28. The maximum atomic E-state index is 13.8. The number of hydrogen-bond acceptors (Lipinski definition) is 8. The minimum atomic E-state index is -4.09. The van der Waals surface area contributed by atoms with Crippen molar-refractivity contribution in [3.63, 3.8) is 0 Å². The predicted octanol–water partition coefficient (Wildman–Crippen LogP) is 4.05. The Hall–Kier alpha value is -4.12. The van der Waals surface area contributed by atoms with E-state index in [1.54, 1.807) is 30.3 Å². The summed E-state index contributed by atoms with van der Waals surface area (Å²) in [4.78, 5) is 4.32. The zero-order valence-electron chi connectivity index (χ0n) is 18.5. The van der Waals surface area contributed by atoms with Crippen LogP contribution in [0.4, 0.5) is 10.1 Å². The third-order valence-electron chi connectivity index (χ3n) is 5.31. The van der Waals surface area contributed by atoms with Gasteiger partial charge >= 0.3 is 0 Å². The van der Waals surface area contributed by atoms with Gasteiger partial charge in [-0.3, -0.25) is 4.31 Å². The van der Waals surface area contributed by atoms with E-state index in [1.165, 1.54) is 43.5 Å². The summed E-state index contributed by atoms with van der Waals surface area (Å²) >= 11 is 0. The molecule has 2 heterocycles. The van der Waals surface area contributed by atoms with Gasteiger partial charge in [0.15, 0.2) is 11.5 Å². The first-order chi connectivity index (χ1) is 16.9. The molecular weight excluding hydrogens is 477 g/mol. The van der Waals surface area contributed by atoms with Crippen LogP contribution in [0.15, 0.2) is 76.1 Å². The summed E-state index contributed by atoms with van der Waals surface area (Å²) in [5.41, 5.74) is 0.898. The Morgan fingerprint density at radius 3 is 2.40 bits per heavy atom. The van der Waals surface area contributed by atoms with E-state index in [9.17, 15) is 12.8 Å². The van der Waals surface area contributed by atoms with Gasteiger partial charge in [0.2, 0.25) is 11.7 Å². The second kappa shape index (κ2) is 9.26. The zero-order chi connectivity index (χ0) is 24.4. The molecule has 5 rings (SSSR count). The molecule has 1 aliphatic heterocycles. The molecule has 0 unspecified atom stereocenters. The van der Waals surface area contributed by atoms with Crippen molar-refractivity contribution in [1.82, 2.24) is 10.1 Å². The van der Waals surface area contributed by atoms with Crippen molar-refractivity contribution in [3.8, 4) is 28.6 Å². The van der Waals surface area contributed by atoms with Crippen molar-refractivity contribution < 1.29 is 31.5 Å². The highest BCUT2D eigenvalue weighted by Gasteiger charge is 2.29. The van der Waals surface area contributed by atoms with Crippen molar-refractivity contribution in [2.45, 2.75) is 11.4 Å². The second-order valence-corrected chi connectivity index (χ2v) is 9.40. The number of methoxy groups -OCH3 is 1. The average molecular weight is 498 g/mol. The van der Waals surface area contributed by atoms with Crippen molar-refractivity contribution in [1.29, 1.82) is 0 Å². The number of fused-ring (bicyclic) bond motifs is 1. The van der Waals surface area contributed by atoms with Crippen LogP contribution in [0.2, 0.25) is 0 Å². The Labute approximate surface area is 200 Å². The van der Waals surface area contributed by atoms with Crippen molar-refractivity contribution in [3.05, 3.63) is 78.4 Å². The highest BCUT2D eigenvalue weighted by atomic mass is 32.2. The van der Waals surface area contributed by atoms with Crippen LogP contribution in [0.5, 0.6) is 17.2 Å². The lowest BCUT2D eigenvalue weighted by Gasteiger charge is -2.24. The monoisotopic (exact) mass is 497 g/mol. The number of aromatic nitrogens is 2. The highest BCUT2D eigenvalue weighted by Crippen LogP contribution is 2.35. The van der Waals surface area contributed by atoms with Crippen LogP contribution in [0, 0.1) is 5.82 Å². The van der Waals surface area contributed by atoms with E-state index in [-0.39, 0.29) is 23.2 Å². The molecule has 9 nitrogen and oxygen atoms in total. The van der Waals surface area contributed by atoms with Crippen LogP contribution < -0.4 is 18.5 Å². The maximum absolute atomic E-state index is 13.8. The number of sulfonamides is 1. The van der Waals surface area contributed by atoms with Gasteiger partial charge < -0.3 is 18.7 Å². The minimum Gasteiger partial charge on any atom is -0.497 e. The molecule has 1 aromatic heterocycles. The second-order valence-electron chi connectivity index (χ2n) is 7.53. The largest absolute Gasteiger partial charge is 0.497 e. The molecule has 180 valence electrons. The van der Waals surface area contributed by atoms with E-state index in [0.29, 0.717) is 41.7 Å². The number of benzene rings is 3. The molecule has 0 atom stereocenters. The third-order valence-corrected chi connectivity index (χ3v) is 7.08. The van der Waals surface area contributed by atoms with E-state index in [1.807, 2.05) is 0 Å². The molecule has 0 bridgehead atoms. The van der Waals surface area contributed by atoms with Gasteiger partial charge in [0.05, 0.1) is 17.7 Å². The Bertz CT molecular complexity index is 1440. The van der Waals surface area contributed by atoms with Crippen molar-refractivity contribution in [2.24, 2.45) is 0 Å². The standard InChI is InChI=1S/C24H20FN3O6S/c1-31-19-8-6-18(7-9-19)28(15-23-26-24(27-34-23)16-2-4-17(25)5-3-16)35(29,30)20-10-11-21-22(14-20)33-13-12-32-21/h2-11,14H,12-13,15H2,1H3. The Morgan fingerprint density at radius 2 is 1.69 bits per heavy atom. The normalized spacial score (nSPS) is 12.9. The molecule has 0 N–H and O–H groups in total. The van der Waals surface area contributed by atoms with Crippen LogP contribution in [-0.2, 0) is 16.6 Å². The molecule has 0 radical (unpaired) electrons. The number of hydrogen-bond donors (Lipinski definition) is 0. The van der Waals surface area contributed by atoms with Crippen LogP contribution in [0.3, 0.4) is 0 Å². The van der Waals surface area contributed by atoms with Crippen LogP contribution >= 0.6 is 0 Å². The van der Waals surface area contributed by atoms with Crippen molar-refractivity contribution >= 4 is 15.7 Å². The smallest absolute Gasteiger partial charge is 0.264 e. The van der Waals surface area contributed by atoms with E-state index in [0.717, 1.165) is 4.31 Å². The number of nitrogens with zero attached hydrogens (tertiary/aromatic N) is 3. The first-order valence-corrected chi connectivity index (χ1v) is 12.0. The molecule has 4 aromatic rings. The molecule has 1 aliphatic rings. The molecule has 0 fully saturated rings. The number of rotatable bonds is 7. The summed E-state index contributed by atoms with van der Waals surface area (Å²) in [6, 6.07) is 16.6. The van der Waals surface area contributed by atoms with Gasteiger partial charge in [0, 0.05) is 11.6 Å². The van der Waals surface area contributed by atoms with Crippen molar-refractivity contribution in [2.75, 3.05) is 24.6 Å². The van der Waals surface area contributed by atoms with E-state index in [2.05, 4.69) is 10.1 Å². The van der Waals surface area contributed by atoms with E-state index < -0.39 is 15.8 Å². The molecule has 0 saturated heterocycles.